The van der Waals surface area contributed by atoms with Crippen LogP contribution in [0.4, 0.5) is 0 Å². The maximum Gasteiger partial charge on any atom is 0.308 e. The van der Waals surface area contributed by atoms with Crippen molar-refractivity contribution in [2.45, 2.75) is 18.9 Å². The van der Waals surface area contributed by atoms with Crippen LogP contribution in [0.2, 0.25) is 0 Å². The second-order valence-corrected chi connectivity index (χ2v) is 6.85. The van der Waals surface area contributed by atoms with Crippen LogP contribution in [0.15, 0.2) is 17.2 Å². The number of aromatic nitrogens is 1. The van der Waals surface area contributed by atoms with E-state index in [4.69, 9.17) is 9.47 Å². The number of aryl methyl sites for hydroxylation is 1. The Hall–Kier alpha value is -2.66. The summed E-state index contributed by atoms with van der Waals surface area (Å²) in [5.41, 5.74) is 0.742. The Morgan fingerprint density at radius 1 is 1.30 bits per heavy atom. The molecule has 0 aliphatic carbocycles. The molecule has 0 saturated carbocycles. The molecule has 0 saturated heterocycles. The van der Waals surface area contributed by atoms with Crippen LogP contribution in [0, 0.1) is 18.3 Å². The number of rotatable bonds is 3. The zero-order valence-electron chi connectivity index (χ0n) is 13.0. The van der Waals surface area contributed by atoms with Crippen LogP contribution < -0.4 is 9.47 Å². The van der Waals surface area contributed by atoms with Crippen LogP contribution in [0.3, 0.4) is 0 Å². The standard InChI is InChI=1S/C15H14N2O5S/c1-8-10-5-13(21-3)14(22-9(2)18)6-12(10)17-15(11(8)7-16)23(4,19)20/h5-6H,1-4H3. The zero-order valence-corrected chi connectivity index (χ0v) is 13.8. The molecule has 2 rings (SSSR count). The number of hydrogen-bond donors (Lipinski definition) is 0. The second-order valence-electron chi connectivity index (χ2n) is 4.91. The molecule has 7 nitrogen and oxygen atoms in total. The molecule has 23 heavy (non-hydrogen) atoms. The van der Waals surface area contributed by atoms with Crippen molar-refractivity contribution in [2.24, 2.45) is 0 Å². The summed E-state index contributed by atoms with van der Waals surface area (Å²) in [5.74, 6) is -0.131. The third-order valence-corrected chi connectivity index (χ3v) is 4.21. The van der Waals surface area contributed by atoms with E-state index in [9.17, 15) is 18.5 Å². The van der Waals surface area contributed by atoms with Crippen LogP contribution in [-0.2, 0) is 14.6 Å². The quantitative estimate of drug-likeness (QED) is 0.621. The van der Waals surface area contributed by atoms with E-state index in [1.54, 1.807) is 13.0 Å². The average molecular weight is 334 g/mol. The first-order valence-corrected chi connectivity index (χ1v) is 8.39. The highest BCUT2D eigenvalue weighted by atomic mass is 32.2. The first-order valence-electron chi connectivity index (χ1n) is 6.50. The summed E-state index contributed by atoms with van der Waals surface area (Å²) in [6, 6.07) is 4.85. The first kappa shape index (κ1) is 16.7. The minimum absolute atomic E-state index is 0.0118. The normalized spacial score (nSPS) is 11.1. The number of hydrogen-bond acceptors (Lipinski definition) is 7. The van der Waals surface area contributed by atoms with E-state index in [1.165, 1.54) is 20.1 Å². The average Bonchev–Trinajstić information content (AvgIpc) is 2.45. The molecule has 0 aliphatic rings. The van der Waals surface area contributed by atoms with Crippen molar-refractivity contribution in [1.82, 2.24) is 4.98 Å². The molecule has 0 N–H and O–H groups in total. The number of methoxy groups -OCH3 is 1. The molecule has 2 aromatic rings. The maximum atomic E-state index is 11.9. The number of carbonyl (C=O) groups excluding carboxylic acids is 1. The summed E-state index contributed by atoms with van der Waals surface area (Å²) in [5, 5.41) is 9.51. The molecule has 0 atom stereocenters. The van der Waals surface area contributed by atoms with Gasteiger partial charge in [0.1, 0.15) is 6.07 Å². The summed E-state index contributed by atoms with van der Waals surface area (Å²) in [7, 11) is -2.27. The van der Waals surface area contributed by atoms with Gasteiger partial charge in [0.25, 0.3) is 0 Å². The summed E-state index contributed by atoms with van der Waals surface area (Å²) < 4.78 is 34.0. The van der Waals surface area contributed by atoms with Gasteiger partial charge < -0.3 is 9.47 Å². The Kier molecular flexibility index (Phi) is 4.25. The smallest absolute Gasteiger partial charge is 0.308 e. The number of nitriles is 1. The van der Waals surface area contributed by atoms with E-state index in [-0.39, 0.29) is 22.1 Å². The Bertz CT molecular complexity index is 958. The fourth-order valence-electron chi connectivity index (χ4n) is 2.20. The fourth-order valence-corrected chi connectivity index (χ4v) is 3.03. The predicted octanol–water partition coefficient (Wildman–Crippen LogP) is 1.75. The van der Waals surface area contributed by atoms with Gasteiger partial charge >= 0.3 is 5.97 Å². The van der Waals surface area contributed by atoms with Crippen molar-refractivity contribution in [1.29, 1.82) is 5.26 Å². The highest BCUT2D eigenvalue weighted by molar-refractivity contribution is 7.90. The number of esters is 1. The minimum Gasteiger partial charge on any atom is -0.493 e. The van der Waals surface area contributed by atoms with Crippen molar-refractivity contribution >= 4 is 26.7 Å². The summed E-state index contributed by atoms with van der Waals surface area (Å²) in [6.45, 7) is 2.87. The van der Waals surface area contributed by atoms with Gasteiger partial charge in [-0.3, -0.25) is 4.79 Å². The molecular formula is C15H14N2O5S. The van der Waals surface area contributed by atoms with Gasteiger partial charge in [-0.1, -0.05) is 0 Å². The zero-order chi connectivity index (χ0) is 17.4. The fraction of sp³-hybridized carbons (Fsp3) is 0.267. The monoisotopic (exact) mass is 334 g/mol. The summed E-state index contributed by atoms with van der Waals surface area (Å²) in [6.07, 6.45) is 0.984. The Morgan fingerprint density at radius 2 is 1.96 bits per heavy atom. The van der Waals surface area contributed by atoms with Crippen molar-refractivity contribution in [3.63, 3.8) is 0 Å². The van der Waals surface area contributed by atoms with Gasteiger partial charge in [0.15, 0.2) is 26.4 Å². The second kappa shape index (κ2) is 5.85. The van der Waals surface area contributed by atoms with Gasteiger partial charge in [-0.2, -0.15) is 5.26 Å². The predicted molar refractivity (Wildman–Crippen MR) is 82.2 cm³/mol. The Morgan fingerprint density at radius 3 is 2.43 bits per heavy atom. The van der Waals surface area contributed by atoms with Gasteiger partial charge in [0, 0.05) is 24.6 Å². The van der Waals surface area contributed by atoms with E-state index in [0.717, 1.165) is 6.26 Å². The van der Waals surface area contributed by atoms with Gasteiger partial charge in [-0.15, -0.1) is 0 Å². The van der Waals surface area contributed by atoms with Gasteiger partial charge in [-0.25, -0.2) is 13.4 Å². The third kappa shape index (κ3) is 3.10. The molecular weight excluding hydrogens is 320 g/mol. The van der Waals surface area contributed by atoms with E-state index in [1.807, 2.05) is 6.07 Å². The first-order chi connectivity index (χ1) is 10.7. The number of nitrogens with zero attached hydrogens (tertiary/aromatic N) is 2. The van der Waals surface area contributed by atoms with Crippen molar-refractivity contribution in [3.05, 3.63) is 23.3 Å². The lowest BCUT2D eigenvalue weighted by Gasteiger charge is -2.13. The molecule has 0 unspecified atom stereocenters. The number of pyridine rings is 1. The highest BCUT2D eigenvalue weighted by Crippen LogP contribution is 2.35. The van der Waals surface area contributed by atoms with Crippen molar-refractivity contribution < 1.29 is 22.7 Å². The molecule has 0 fully saturated rings. The van der Waals surface area contributed by atoms with Crippen LogP contribution >= 0.6 is 0 Å². The molecule has 0 amide bonds. The van der Waals surface area contributed by atoms with E-state index < -0.39 is 15.8 Å². The van der Waals surface area contributed by atoms with E-state index in [0.29, 0.717) is 16.5 Å². The van der Waals surface area contributed by atoms with E-state index >= 15 is 0 Å². The number of fused-ring (bicyclic) bond motifs is 1. The lowest BCUT2D eigenvalue weighted by atomic mass is 10.1. The molecule has 1 aromatic heterocycles. The largest absolute Gasteiger partial charge is 0.493 e. The van der Waals surface area contributed by atoms with Crippen LogP contribution in [0.1, 0.15) is 18.1 Å². The van der Waals surface area contributed by atoms with Crippen molar-refractivity contribution in [2.75, 3.05) is 13.4 Å². The Labute approximate surface area is 133 Å². The van der Waals surface area contributed by atoms with Crippen LogP contribution in [-0.4, -0.2) is 32.7 Å². The number of carbonyl (C=O) groups is 1. The van der Waals surface area contributed by atoms with E-state index in [2.05, 4.69) is 4.98 Å². The maximum absolute atomic E-state index is 11.9. The van der Waals surface area contributed by atoms with Crippen LogP contribution in [0.25, 0.3) is 10.9 Å². The lowest BCUT2D eigenvalue weighted by Crippen LogP contribution is -2.07. The SMILES string of the molecule is COc1cc2c(C)c(C#N)c(S(C)(=O)=O)nc2cc1OC(C)=O. The molecule has 120 valence electrons. The molecule has 0 bridgehead atoms. The lowest BCUT2D eigenvalue weighted by molar-refractivity contribution is -0.132. The minimum atomic E-state index is -3.68. The number of benzene rings is 1. The molecule has 8 heteroatoms. The van der Waals surface area contributed by atoms with Gasteiger partial charge in [0.05, 0.1) is 18.2 Å². The molecule has 0 radical (unpaired) electrons. The highest BCUT2D eigenvalue weighted by Gasteiger charge is 2.21. The topological polar surface area (TPSA) is 106 Å². The van der Waals surface area contributed by atoms with Gasteiger partial charge in [0.2, 0.25) is 0 Å². The number of ether oxygens (including phenoxy) is 2. The molecule has 1 heterocycles. The molecule has 1 aromatic carbocycles. The molecule has 0 spiro atoms. The third-order valence-electron chi connectivity index (χ3n) is 3.21. The van der Waals surface area contributed by atoms with Gasteiger partial charge in [-0.05, 0) is 18.6 Å². The van der Waals surface area contributed by atoms with Crippen molar-refractivity contribution in [3.8, 4) is 17.6 Å². The summed E-state index contributed by atoms with van der Waals surface area (Å²) >= 11 is 0. The number of sulfone groups is 1. The van der Waals surface area contributed by atoms with Crippen LogP contribution in [0.5, 0.6) is 11.5 Å². The molecule has 0 aliphatic heterocycles. The summed E-state index contributed by atoms with van der Waals surface area (Å²) in [4.78, 5) is 15.2. The Balaban J connectivity index is 2.91.